The molecule has 0 radical (unpaired) electrons. The van der Waals surface area contributed by atoms with Gasteiger partial charge in [0, 0.05) is 36.4 Å². The van der Waals surface area contributed by atoms with E-state index in [1.165, 1.54) is 0 Å². The number of methoxy groups -OCH3 is 1. The third-order valence-electron chi connectivity index (χ3n) is 4.27. The van der Waals surface area contributed by atoms with E-state index in [0.717, 1.165) is 0 Å². The van der Waals surface area contributed by atoms with Crippen LogP contribution in [0, 0.1) is 10.8 Å². The first-order valence-electron chi connectivity index (χ1n) is 6.55. The Morgan fingerprint density at radius 2 is 1.95 bits per heavy atom. The lowest BCUT2D eigenvalue weighted by Crippen LogP contribution is -2.73. The quantitative estimate of drug-likeness (QED) is 0.909. The first kappa shape index (κ1) is 14.0. The highest BCUT2D eigenvalue weighted by Gasteiger charge is 2.62. The van der Waals surface area contributed by atoms with Crippen LogP contribution in [-0.2, 0) is 4.74 Å². The van der Waals surface area contributed by atoms with Crippen LogP contribution in [0.3, 0.4) is 0 Å². The molecule has 1 aliphatic rings. The van der Waals surface area contributed by atoms with Crippen molar-refractivity contribution in [1.29, 1.82) is 0 Å². The van der Waals surface area contributed by atoms with Gasteiger partial charge < -0.3 is 10.1 Å². The lowest BCUT2D eigenvalue weighted by Gasteiger charge is -2.63. The Balaban J connectivity index is 2.14. The summed E-state index contributed by atoms with van der Waals surface area (Å²) in [6.07, 6.45) is 3.38. The fourth-order valence-corrected chi connectivity index (χ4v) is 3.82. The van der Waals surface area contributed by atoms with Crippen LogP contribution < -0.4 is 5.32 Å². The third kappa shape index (κ3) is 2.14. The Labute approximate surface area is 114 Å². The number of hydrogen-bond donors (Lipinski definition) is 1. The molecule has 4 heteroatoms. The van der Waals surface area contributed by atoms with Crippen molar-refractivity contribution < 1.29 is 9.53 Å². The van der Waals surface area contributed by atoms with Gasteiger partial charge in [0.15, 0.2) is 0 Å². The maximum absolute atomic E-state index is 12.2. The molecule has 1 saturated carbocycles. The van der Waals surface area contributed by atoms with Crippen LogP contribution >= 0.6 is 0 Å². The molecule has 1 N–H and O–H groups in total. The topological polar surface area (TPSA) is 51.2 Å². The van der Waals surface area contributed by atoms with Gasteiger partial charge in [-0.25, -0.2) is 0 Å². The van der Waals surface area contributed by atoms with Gasteiger partial charge in [-0.3, -0.25) is 9.78 Å². The predicted molar refractivity (Wildman–Crippen MR) is 73.9 cm³/mol. The number of carbonyl (C=O) groups is 1. The summed E-state index contributed by atoms with van der Waals surface area (Å²) in [4.78, 5) is 16.2. The van der Waals surface area contributed by atoms with E-state index < -0.39 is 0 Å². The fraction of sp³-hybridized carbons (Fsp3) is 0.600. The predicted octanol–water partition coefficient (Wildman–Crippen LogP) is 2.26. The Hall–Kier alpha value is -1.42. The summed E-state index contributed by atoms with van der Waals surface area (Å²) < 4.78 is 5.57. The lowest BCUT2D eigenvalue weighted by atomic mass is 9.49. The van der Waals surface area contributed by atoms with Crippen molar-refractivity contribution in [2.75, 3.05) is 7.11 Å². The SMILES string of the molecule is COC1C(C)(C)C(NC(=O)c2cccnc2)C1(C)C. The molecule has 19 heavy (non-hydrogen) atoms. The number of ether oxygens (including phenoxy) is 1. The zero-order chi connectivity index (χ0) is 14.3. The van der Waals surface area contributed by atoms with Gasteiger partial charge in [-0.15, -0.1) is 0 Å². The summed E-state index contributed by atoms with van der Waals surface area (Å²) in [7, 11) is 1.73. The second-order valence-corrected chi connectivity index (χ2v) is 6.41. The van der Waals surface area contributed by atoms with Gasteiger partial charge in [0.2, 0.25) is 0 Å². The molecule has 0 aliphatic heterocycles. The van der Waals surface area contributed by atoms with Crippen LogP contribution in [-0.4, -0.2) is 30.1 Å². The Morgan fingerprint density at radius 3 is 2.42 bits per heavy atom. The van der Waals surface area contributed by atoms with Crippen LogP contribution in [0.2, 0.25) is 0 Å². The molecule has 0 saturated heterocycles. The van der Waals surface area contributed by atoms with Gasteiger partial charge in [0.1, 0.15) is 0 Å². The smallest absolute Gasteiger partial charge is 0.253 e. The zero-order valence-corrected chi connectivity index (χ0v) is 12.2. The number of rotatable bonds is 3. The molecule has 1 aromatic rings. The molecule has 1 aliphatic carbocycles. The number of pyridine rings is 1. The highest BCUT2D eigenvalue weighted by molar-refractivity contribution is 5.94. The Kier molecular flexibility index (Phi) is 3.39. The zero-order valence-electron chi connectivity index (χ0n) is 12.2. The van der Waals surface area contributed by atoms with E-state index in [1.807, 2.05) is 0 Å². The maximum Gasteiger partial charge on any atom is 0.253 e. The van der Waals surface area contributed by atoms with Crippen molar-refractivity contribution in [1.82, 2.24) is 10.3 Å². The van der Waals surface area contributed by atoms with Gasteiger partial charge in [-0.1, -0.05) is 27.7 Å². The summed E-state index contributed by atoms with van der Waals surface area (Å²) in [5, 5.41) is 3.12. The number of nitrogens with one attached hydrogen (secondary N) is 1. The lowest BCUT2D eigenvalue weighted by molar-refractivity contribution is -0.195. The van der Waals surface area contributed by atoms with E-state index >= 15 is 0 Å². The van der Waals surface area contributed by atoms with Gasteiger partial charge in [0.05, 0.1) is 11.7 Å². The Bertz CT molecular complexity index is 452. The molecule has 1 heterocycles. The van der Waals surface area contributed by atoms with E-state index in [-0.39, 0.29) is 28.9 Å². The standard InChI is InChI=1S/C15H22N2O2/c1-14(2)12(15(3,4)13(14)19-5)17-11(18)10-7-6-8-16-9-10/h6-9,12-13H,1-5H3,(H,17,18). The molecule has 0 spiro atoms. The van der Waals surface area contributed by atoms with Crippen LogP contribution in [0.1, 0.15) is 38.1 Å². The molecule has 0 bridgehead atoms. The highest BCUT2D eigenvalue weighted by Crippen LogP contribution is 2.55. The summed E-state index contributed by atoms with van der Waals surface area (Å²) in [5.74, 6) is -0.0752. The normalized spacial score (nSPS) is 27.4. The van der Waals surface area contributed by atoms with Crippen molar-refractivity contribution in [2.24, 2.45) is 10.8 Å². The van der Waals surface area contributed by atoms with Crippen LogP contribution in [0.4, 0.5) is 0 Å². The van der Waals surface area contributed by atoms with Crippen molar-refractivity contribution >= 4 is 5.91 Å². The average Bonchev–Trinajstić information content (AvgIpc) is 2.36. The molecule has 1 fully saturated rings. The second kappa shape index (κ2) is 4.60. The van der Waals surface area contributed by atoms with Crippen molar-refractivity contribution in [3.05, 3.63) is 30.1 Å². The first-order chi connectivity index (χ1) is 8.81. The minimum Gasteiger partial charge on any atom is -0.380 e. The largest absolute Gasteiger partial charge is 0.380 e. The maximum atomic E-state index is 12.2. The van der Waals surface area contributed by atoms with E-state index in [1.54, 1.807) is 31.6 Å². The monoisotopic (exact) mass is 262 g/mol. The molecular formula is C15H22N2O2. The third-order valence-corrected chi connectivity index (χ3v) is 4.27. The minimum atomic E-state index is -0.0752. The van der Waals surface area contributed by atoms with E-state index in [0.29, 0.717) is 5.56 Å². The number of nitrogens with zero attached hydrogens (tertiary/aromatic N) is 1. The molecule has 0 aromatic carbocycles. The molecular weight excluding hydrogens is 240 g/mol. The molecule has 0 unspecified atom stereocenters. The molecule has 4 nitrogen and oxygen atoms in total. The van der Waals surface area contributed by atoms with E-state index in [2.05, 4.69) is 38.0 Å². The van der Waals surface area contributed by atoms with Crippen LogP contribution in [0.25, 0.3) is 0 Å². The molecule has 104 valence electrons. The Morgan fingerprint density at radius 1 is 1.32 bits per heavy atom. The molecule has 0 atom stereocenters. The van der Waals surface area contributed by atoms with Crippen LogP contribution in [0.5, 0.6) is 0 Å². The fourth-order valence-electron chi connectivity index (χ4n) is 3.82. The molecule has 2 rings (SSSR count). The van der Waals surface area contributed by atoms with Gasteiger partial charge in [-0.05, 0) is 12.1 Å². The number of aromatic nitrogens is 1. The van der Waals surface area contributed by atoms with Crippen molar-refractivity contribution in [3.8, 4) is 0 Å². The number of hydrogen-bond acceptors (Lipinski definition) is 3. The summed E-state index contributed by atoms with van der Waals surface area (Å²) in [6.45, 7) is 8.50. The van der Waals surface area contributed by atoms with Gasteiger partial charge >= 0.3 is 0 Å². The molecule has 1 amide bonds. The first-order valence-corrected chi connectivity index (χ1v) is 6.55. The minimum absolute atomic E-state index is 0.0733. The average molecular weight is 262 g/mol. The summed E-state index contributed by atoms with van der Waals surface area (Å²) >= 11 is 0. The summed E-state index contributed by atoms with van der Waals surface area (Å²) in [5.41, 5.74) is 0.446. The van der Waals surface area contributed by atoms with E-state index in [4.69, 9.17) is 4.74 Å². The summed E-state index contributed by atoms with van der Waals surface area (Å²) in [6, 6.07) is 3.62. The van der Waals surface area contributed by atoms with E-state index in [9.17, 15) is 4.79 Å². The van der Waals surface area contributed by atoms with Crippen molar-refractivity contribution in [2.45, 2.75) is 39.8 Å². The van der Waals surface area contributed by atoms with Crippen molar-refractivity contribution in [3.63, 3.8) is 0 Å². The number of amides is 1. The molecule has 1 aromatic heterocycles. The number of carbonyl (C=O) groups excluding carboxylic acids is 1. The van der Waals surface area contributed by atoms with Gasteiger partial charge in [-0.2, -0.15) is 0 Å². The van der Waals surface area contributed by atoms with Gasteiger partial charge in [0.25, 0.3) is 5.91 Å². The van der Waals surface area contributed by atoms with Crippen LogP contribution in [0.15, 0.2) is 24.5 Å². The second-order valence-electron chi connectivity index (χ2n) is 6.41. The highest BCUT2D eigenvalue weighted by atomic mass is 16.5.